The molecule has 0 radical (unpaired) electrons. The lowest BCUT2D eigenvalue weighted by Crippen LogP contribution is -2.43. The highest BCUT2D eigenvalue weighted by molar-refractivity contribution is 5.97. The van der Waals surface area contributed by atoms with E-state index in [0.29, 0.717) is 6.61 Å². The van der Waals surface area contributed by atoms with Crippen LogP contribution in [0.3, 0.4) is 0 Å². The molecule has 168 valence electrons. The fourth-order valence-electron chi connectivity index (χ4n) is 3.89. The number of benzene rings is 2. The Labute approximate surface area is 190 Å². The minimum absolute atomic E-state index is 0.00703. The minimum atomic E-state index is -1.02. The van der Waals surface area contributed by atoms with Gasteiger partial charge in [-0.15, -0.1) is 0 Å². The highest BCUT2D eigenvalue weighted by atomic mass is 16.5. The number of nitrogens with zero attached hydrogens (tertiary/aromatic N) is 2. The molecule has 2 aromatic carbocycles. The Hall–Kier alpha value is -3.02. The normalized spacial score (nSPS) is 18.2. The molecule has 1 aliphatic carbocycles. The summed E-state index contributed by atoms with van der Waals surface area (Å²) >= 11 is 0. The standard InChI is InChI=1S/C27H32N2O3/c1-6-7-25(28-4)23-16-24(23)26(30)29(18-27(2,3)31)22-14-12-21(13-15-22)20-10-8-19(9-11-20)17-32-5/h6-15,23-24,31H,1,4,16-18H2,2-3,5H3/b25-7-. The third-order valence-corrected chi connectivity index (χ3v) is 5.55. The van der Waals surface area contributed by atoms with Crippen LogP contribution in [-0.2, 0) is 16.1 Å². The molecule has 1 fully saturated rings. The summed E-state index contributed by atoms with van der Waals surface area (Å²) in [5.41, 5.74) is 3.80. The number of carbonyl (C=O) groups excluding carboxylic acids is 1. The molecule has 0 bridgehead atoms. The number of amides is 1. The molecule has 0 heterocycles. The zero-order valence-electron chi connectivity index (χ0n) is 19.1. The number of rotatable bonds is 10. The second-order valence-corrected chi connectivity index (χ2v) is 8.85. The van der Waals surface area contributed by atoms with E-state index in [1.54, 1.807) is 38.0 Å². The summed E-state index contributed by atoms with van der Waals surface area (Å²) in [5, 5.41) is 10.5. The average molecular weight is 433 g/mol. The summed E-state index contributed by atoms with van der Waals surface area (Å²) in [6, 6.07) is 16.1. The lowest BCUT2D eigenvalue weighted by Gasteiger charge is -2.29. The van der Waals surface area contributed by atoms with Crippen molar-refractivity contribution in [2.75, 3.05) is 18.6 Å². The van der Waals surface area contributed by atoms with Gasteiger partial charge in [-0.25, -0.2) is 0 Å². The average Bonchev–Trinajstić information content (AvgIpc) is 3.56. The van der Waals surface area contributed by atoms with Crippen LogP contribution in [-0.4, -0.2) is 37.0 Å². The Balaban J connectivity index is 1.81. The first-order valence-corrected chi connectivity index (χ1v) is 10.8. The zero-order valence-corrected chi connectivity index (χ0v) is 19.1. The molecule has 0 aliphatic heterocycles. The van der Waals surface area contributed by atoms with Gasteiger partial charge in [-0.3, -0.25) is 9.79 Å². The molecule has 5 nitrogen and oxygen atoms in total. The van der Waals surface area contributed by atoms with Gasteiger partial charge < -0.3 is 14.7 Å². The van der Waals surface area contributed by atoms with Crippen molar-refractivity contribution in [1.29, 1.82) is 0 Å². The van der Waals surface area contributed by atoms with Crippen LogP contribution in [0.5, 0.6) is 0 Å². The van der Waals surface area contributed by atoms with Crippen LogP contribution in [0.25, 0.3) is 11.1 Å². The first-order valence-electron chi connectivity index (χ1n) is 10.8. The van der Waals surface area contributed by atoms with E-state index in [2.05, 4.69) is 30.4 Å². The number of carbonyl (C=O) groups is 1. The van der Waals surface area contributed by atoms with E-state index in [1.165, 1.54) is 0 Å². The Morgan fingerprint density at radius 3 is 2.25 bits per heavy atom. The van der Waals surface area contributed by atoms with Gasteiger partial charge in [0.2, 0.25) is 5.91 Å². The molecular formula is C27H32N2O3. The Kier molecular flexibility index (Phi) is 7.44. The Morgan fingerprint density at radius 1 is 1.16 bits per heavy atom. The summed E-state index contributed by atoms with van der Waals surface area (Å²) in [4.78, 5) is 19.1. The smallest absolute Gasteiger partial charge is 0.230 e. The predicted molar refractivity (Wildman–Crippen MR) is 131 cm³/mol. The van der Waals surface area contributed by atoms with Crippen LogP contribution >= 0.6 is 0 Å². The first kappa shape index (κ1) is 23.6. The second-order valence-electron chi connectivity index (χ2n) is 8.85. The van der Waals surface area contributed by atoms with Crippen molar-refractivity contribution in [3.05, 3.63) is 78.5 Å². The van der Waals surface area contributed by atoms with E-state index in [-0.39, 0.29) is 24.3 Å². The molecule has 32 heavy (non-hydrogen) atoms. The van der Waals surface area contributed by atoms with Crippen molar-refractivity contribution < 1.29 is 14.6 Å². The van der Waals surface area contributed by atoms with Gasteiger partial charge in [-0.1, -0.05) is 49.1 Å². The summed E-state index contributed by atoms with van der Waals surface area (Å²) in [5.74, 6) is -0.123. The van der Waals surface area contributed by atoms with Crippen molar-refractivity contribution in [3.63, 3.8) is 0 Å². The summed E-state index contributed by atoms with van der Waals surface area (Å²) in [6.45, 7) is 11.5. The van der Waals surface area contributed by atoms with Crippen molar-refractivity contribution in [2.45, 2.75) is 32.5 Å². The fraction of sp³-hybridized carbons (Fsp3) is 0.333. The molecule has 2 unspecified atom stereocenters. The largest absolute Gasteiger partial charge is 0.389 e. The number of hydrogen-bond acceptors (Lipinski definition) is 4. The van der Waals surface area contributed by atoms with E-state index in [4.69, 9.17) is 4.74 Å². The maximum absolute atomic E-state index is 13.4. The number of methoxy groups -OCH3 is 1. The number of aliphatic imine (C=N–C) groups is 1. The van der Waals surface area contributed by atoms with Crippen molar-refractivity contribution >= 4 is 18.3 Å². The SMILES string of the molecule is C=C/C=C(\N=C)C1CC1C(=O)N(CC(C)(C)O)c1ccc(-c2ccc(COC)cc2)cc1. The van der Waals surface area contributed by atoms with Gasteiger partial charge in [0.15, 0.2) is 0 Å². The molecule has 2 atom stereocenters. The maximum Gasteiger partial charge on any atom is 0.230 e. The van der Waals surface area contributed by atoms with Gasteiger partial charge in [-0.05, 0) is 61.9 Å². The van der Waals surface area contributed by atoms with Crippen LogP contribution in [0.2, 0.25) is 0 Å². The van der Waals surface area contributed by atoms with Crippen LogP contribution in [0.4, 0.5) is 5.69 Å². The third-order valence-electron chi connectivity index (χ3n) is 5.55. The van der Waals surface area contributed by atoms with Gasteiger partial charge in [0.05, 0.1) is 18.8 Å². The number of ether oxygens (including phenoxy) is 1. The molecule has 1 saturated carbocycles. The van der Waals surface area contributed by atoms with Crippen molar-refractivity contribution in [2.24, 2.45) is 16.8 Å². The van der Waals surface area contributed by atoms with Crippen LogP contribution in [0.1, 0.15) is 25.8 Å². The molecule has 0 saturated heterocycles. The lowest BCUT2D eigenvalue weighted by atomic mass is 10.0. The van der Waals surface area contributed by atoms with E-state index < -0.39 is 5.60 Å². The van der Waals surface area contributed by atoms with Crippen molar-refractivity contribution in [3.8, 4) is 11.1 Å². The molecule has 1 N–H and O–H groups in total. The molecule has 3 rings (SSSR count). The maximum atomic E-state index is 13.4. The number of allylic oxidation sites excluding steroid dienone is 3. The second kappa shape index (κ2) is 10.1. The monoisotopic (exact) mass is 432 g/mol. The quantitative estimate of drug-likeness (QED) is 0.424. The van der Waals surface area contributed by atoms with Gasteiger partial charge in [0, 0.05) is 30.3 Å². The van der Waals surface area contributed by atoms with Crippen LogP contribution in [0.15, 0.2) is 78.0 Å². The molecule has 0 aromatic heterocycles. The first-order chi connectivity index (χ1) is 15.3. The van der Waals surface area contributed by atoms with Gasteiger partial charge in [0.1, 0.15) is 0 Å². The topological polar surface area (TPSA) is 62.1 Å². The van der Waals surface area contributed by atoms with E-state index in [0.717, 1.165) is 34.5 Å². The third kappa shape index (κ3) is 5.81. The molecule has 5 heteroatoms. The van der Waals surface area contributed by atoms with Gasteiger partial charge >= 0.3 is 0 Å². The number of anilines is 1. The minimum Gasteiger partial charge on any atom is -0.389 e. The molecule has 0 spiro atoms. The molecule has 1 amide bonds. The van der Waals surface area contributed by atoms with Crippen LogP contribution in [0, 0.1) is 11.8 Å². The molecule has 2 aromatic rings. The highest BCUT2D eigenvalue weighted by Crippen LogP contribution is 2.46. The van der Waals surface area contributed by atoms with Crippen LogP contribution < -0.4 is 4.90 Å². The predicted octanol–water partition coefficient (Wildman–Crippen LogP) is 5.01. The number of hydrogen-bond donors (Lipinski definition) is 1. The number of aliphatic hydroxyl groups is 1. The Bertz CT molecular complexity index is 985. The van der Waals surface area contributed by atoms with Gasteiger partial charge in [-0.2, -0.15) is 0 Å². The van der Waals surface area contributed by atoms with E-state index in [9.17, 15) is 9.90 Å². The van der Waals surface area contributed by atoms with Crippen molar-refractivity contribution in [1.82, 2.24) is 0 Å². The molecule has 1 aliphatic rings. The highest BCUT2D eigenvalue weighted by Gasteiger charge is 2.47. The molecular weight excluding hydrogens is 400 g/mol. The Morgan fingerprint density at radius 2 is 1.75 bits per heavy atom. The van der Waals surface area contributed by atoms with E-state index in [1.807, 2.05) is 36.4 Å². The lowest BCUT2D eigenvalue weighted by molar-refractivity contribution is -0.120. The summed E-state index contributed by atoms with van der Waals surface area (Å²) in [7, 11) is 1.68. The van der Waals surface area contributed by atoms with E-state index >= 15 is 0 Å². The zero-order chi connectivity index (χ0) is 23.3. The summed E-state index contributed by atoms with van der Waals surface area (Å²) < 4.78 is 5.17. The fourth-order valence-corrected chi connectivity index (χ4v) is 3.89. The van der Waals surface area contributed by atoms with Gasteiger partial charge in [0.25, 0.3) is 0 Å². The summed E-state index contributed by atoms with van der Waals surface area (Å²) in [6.07, 6.45) is 4.20.